The highest BCUT2D eigenvalue weighted by Gasteiger charge is 2.23. The fraction of sp³-hybridized carbons (Fsp3) is 0.176. The van der Waals surface area contributed by atoms with Crippen LogP contribution in [0.25, 0.3) is 0 Å². The molecule has 0 saturated carbocycles. The molecule has 0 aliphatic carbocycles. The summed E-state index contributed by atoms with van der Waals surface area (Å²) in [7, 11) is -6.52. The van der Waals surface area contributed by atoms with Crippen LogP contribution in [0.1, 0.15) is 15.9 Å². The van der Waals surface area contributed by atoms with E-state index >= 15 is 0 Å². The molecular formula is C17H20N4O6S2. The maximum atomic E-state index is 12.5. The SMILES string of the molecule is Cc1ccc(S(=O)(=O)N(C)CC(=O)NNC(=O)c2ccc(S(N)(=O)=O)cc2)cc1. The van der Waals surface area contributed by atoms with Crippen LogP contribution in [0, 0.1) is 6.92 Å². The van der Waals surface area contributed by atoms with E-state index in [9.17, 15) is 26.4 Å². The number of benzene rings is 2. The highest BCUT2D eigenvalue weighted by Crippen LogP contribution is 2.14. The van der Waals surface area contributed by atoms with Gasteiger partial charge in [0.2, 0.25) is 20.0 Å². The number of hydrogen-bond acceptors (Lipinski definition) is 6. The van der Waals surface area contributed by atoms with Crippen molar-refractivity contribution in [3.05, 3.63) is 59.7 Å². The summed E-state index contributed by atoms with van der Waals surface area (Å²) in [5.74, 6) is -1.49. The van der Waals surface area contributed by atoms with Crippen molar-refractivity contribution in [1.82, 2.24) is 15.2 Å². The number of nitrogens with one attached hydrogen (secondary N) is 2. The summed E-state index contributed by atoms with van der Waals surface area (Å²) < 4.78 is 48.1. The fourth-order valence-corrected chi connectivity index (χ4v) is 3.85. The van der Waals surface area contributed by atoms with Crippen molar-refractivity contribution in [2.45, 2.75) is 16.7 Å². The van der Waals surface area contributed by atoms with Crippen molar-refractivity contribution < 1.29 is 26.4 Å². The molecule has 0 heterocycles. The molecule has 2 rings (SSSR count). The predicted molar refractivity (Wildman–Crippen MR) is 104 cm³/mol. The molecule has 2 aromatic carbocycles. The number of nitrogens with two attached hydrogens (primary N) is 1. The first-order valence-corrected chi connectivity index (χ1v) is 11.1. The van der Waals surface area contributed by atoms with Gasteiger partial charge in [0.1, 0.15) is 0 Å². The van der Waals surface area contributed by atoms with E-state index in [1.54, 1.807) is 12.1 Å². The first-order chi connectivity index (χ1) is 13.4. The van der Waals surface area contributed by atoms with E-state index in [4.69, 9.17) is 5.14 Å². The number of aryl methyl sites for hydroxylation is 1. The minimum atomic E-state index is -3.89. The van der Waals surface area contributed by atoms with Crippen LogP contribution in [0.2, 0.25) is 0 Å². The van der Waals surface area contributed by atoms with E-state index in [1.165, 1.54) is 31.3 Å². The van der Waals surface area contributed by atoms with Crippen LogP contribution < -0.4 is 16.0 Å². The molecule has 0 aliphatic heterocycles. The van der Waals surface area contributed by atoms with Gasteiger partial charge in [-0.2, -0.15) is 4.31 Å². The Morgan fingerprint density at radius 3 is 1.93 bits per heavy atom. The molecule has 0 radical (unpaired) electrons. The summed E-state index contributed by atoms with van der Waals surface area (Å²) in [5.41, 5.74) is 5.18. The van der Waals surface area contributed by atoms with Gasteiger partial charge >= 0.3 is 0 Å². The van der Waals surface area contributed by atoms with Crippen molar-refractivity contribution in [2.24, 2.45) is 5.14 Å². The zero-order valence-corrected chi connectivity index (χ0v) is 17.2. The lowest BCUT2D eigenvalue weighted by Gasteiger charge is -2.17. The Labute approximate surface area is 168 Å². The molecule has 29 heavy (non-hydrogen) atoms. The van der Waals surface area contributed by atoms with Crippen LogP contribution >= 0.6 is 0 Å². The van der Waals surface area contributed by atoms with Crippen LogP contribution in [0.5, 0.6) is 0 Å². The van der Waals surface area contributed by atoms with Crippen molar-refractivity contribution >= 4 is 31.9 Å². The van der Waals surface area contributed by atoms with Gasteiger partial charge in [-0.1, -0.05) is 17.7 Å². The molecule has 0 saturated heterocycles. The lowest BCUT2D eigenvalue weighted by Crippen LogP contribution is -2.46. The van der Waals surface area contributed by atoms with Gasteiger partial charge in [0, 0.05) is 12.6 Å². The maximum Gasteiger partial charge on any atom is 0.269 e. The zero-order chi connectivity index (χ0) is 21.8. The van der Waals surface area contributed by atoms with Gasteiger partial charge in [-0.3, -0.25) is 20.4 Å². The van der Waals surface area contributed by atoms with Gasteiger partial charge in [-0.15, -0.1) is 0 Å². The standard InChI is InChI=1S/C17H20N4O6S2/c1-12-3-7-15(8-4-12)29(26,27)21(2)11-16(22)19-20-17(23)13-5-9-14(10-6-13)28(18,24)25/h3-10H,11H2,1-2H3,(H,19,22)(H,20,23)(H2,18,24,25). The number of amides is 2. The topological polar surface area (TPSA) is 156 Å². The Morgan fingerprint density at radius 2 is 1.41 bits per heavy atom. The molecule has 0 atom stereocenters. The minimum absolute atomic E-state index is 0.0392. The highest BCUT2D eigenvalue weighted by molar-refractivity contribution is 7.89. The molecular weight excluding hydrogens is 420 g/mol. The van der Waals surface area contributed by atoms with Gasteiger partial charge in [-0.05, 0) is 43.3 Å². The van der Waals surface area contributed by atoms with E-state index in [2.05, 4.69) is 10.9 Å². The maximum absolute atomic E-state index is 12.5. The van der Waals surface area contributed by atoms with Gasteiger partial charge in [-0.25, -0.2) is 22.0 Å². The Kier molecular flexibility index (Phi) is 6.74. The van der Waals surface area contributed by atoms with Crippen molar-refractivity contribution in [3.8, 4) is 0 Å². The molecule has 2 amide bonds. The van der Waals surface area contributed by atoms with E-state index in [0.717, 1.165) is 22.0 Å². The summed E-state index contributed by atoms with van der Waals surface area (Å²) in [5, 5.41) is 4.97. The molecule has 2 aromatic rings. The number of carbonyl (C=O) groups excluding carboxylic acids is 2. The third-order valence-corrected chi connectivity index (χ3v) is 6.60. The van der Waals surface area contributed by atoms with Crippen molar-refractivity contribution in [3.63, 3.8) is 0 Å². The van der Waals surface area contributed by atoms with Gasteiger partial charge < -0.3 is 0 Å². The number of nitrogens with zero attached hydrogens (tertiary/aromatic N) is 1. The Morgan fingerprint density at radius 1 is 0.897 bits per heavy atom. The van der Waals surface area contributed by atoms with E-state index in [0.29, 0.717) is 0 Å². The summed E-state index contributed by atoms with van der Waals surface area (Å²) in [6, 6.07) is 10.9. The van der Waals surface area contributed by atoms with Crippen LogP contribution in [0.3, 0.4) is 0 Å². The van der Waals surface area contributed by atoms with Crippen LogP contribution in [0.15, 0.2) is 58.3 Å². The molecule has 4 N–H and O–H groups in total. The van der Waals surface area contributed by atoms with Crippen LogP contribution in [-0.4, -0.2) is 46.5 Å². The quantitative estimate of drug-likeness (QED) is 0.525. The number of rotatable bonds is 6. The van der Waals surface area contributed by atoms with Gasteiger partial charge in [0.15, 0.2) is 0 Å². The first kappa shape index (κ1) is 22.5. The summed E-state index contributed by atoms with van der Waals surface area (Å²) in [6.45, 7) is 1.29. The third-order valence-electron chi connectivity index (χ3n) is 3.86. The minimum Gasteiger partial charge on any atom is -0.272 e. The number of sulfonamides is 2. The molecule has 0 unspecified atom stereocenters. The van der Waals surface area contributed by atoms with Crippen molar-refractivity contribution in [2.75, 3.05) is 13.6 Å². The lowest BCUT2D eigenvalue weighted by molar-refractivity contribution is -0.121. The first-order valence-electron chi connectivity index (χ1n) is 8.16. The van der Waals surface area contributed by atoms with Gasteiger partial charge in [0.05, 0.1) is 16.3 Å². The second kappa shape index (κ2) is 8.69. The molecule has 0 fully saturated rings. The largest absolute Gasteiger partial charge is 0.272 e. The number of carbonyl (C=O) groups is 2. The van der Waals surface area contributed by atoms with Crippen molar-refractivity contribution in [1.29, 1.82) is 0 Å². The zero-order valence-electron chi connectivity index (χ0n) is 15.6. The molecule has 12 heteroatoms. The monoisotopic (exact) mass is 440 g/mol. The van der Waals surface area contributed by atoms with Gasteiger partial charge in [0.25, 0.3) is 11.8 Å². The Hall–Kier alpha value is -2.80. The molecule has 156 valence electrons. The molecule has 0 bridgehead atoms. The smallest absolute Gasteiger partial charge is 0.269 e. The lowest BCUT2D eigenvalue weighted by atomic mass is 10.2. The summed E-state index contributed by atoms with van der Waals surface area (Å²) in [4.78, 5) is 23.9. The predicted octanol–water partition coefficient (Wildman–Crippen LogP) is -0.276. The van der Waals surface area contributed by atoms with E-state index in [1.807, 2.05) is 6.92 Å². The second-order valence-corrected chi connectivity index (χ2v) is 9.75. The highest BCUT2D eigenvalue weighted by atomic mass is 32.2. The van der Waals surface area contributed by atoms with Crippen LogP contribution in [0.4, 0.5) is 0 Å². The van der Waals surface area contributed by atoms with E-state index < -0.39 is 38.4 Å². The molecule has 0 aromatic heterocycles. The fourth-order valence-electron chi connectivity index (χ4n) is 2.21. The Bertz CT molecular complexity index is 1110. The average Bonchev–Trinajstić information content (AvgIpc) is 2.65. The van der Waals surface area contributed by atoms with E-state index in [-0.39, 0.29) is 15.4 Å². The Balaban J connectivity index is 1.95. The summed E-state index contributed by atoms with van der Waals surface area (Å²) in [6.07, 6.45) is 0. The summed E-state index contributed by atoms with van der Waals surface area (Å²) >= 11 is 0. The number of primary sulfonamides is 1. The molecule has 0 aliphatic rings. The van der Waals surface area contributed by atoms with Crippen LogP contribution in [-0.2, 0) is 24.8 Å². The number of hydrogen-bond donors (Lipinski definition) is 3. The number of hydrazine groups is 1. The number of likely N-dealkylation sites (N-methyl/N-ethyl adjacent to an activating group) is 1. The normalized spacial score (nSPS) is 11.9. The second-order valence-electron chi connectivity index (χ2n) is 6.15. The average molecular weight is 441 g/mol. The molecule has 10 nitrogen and oxygen atoms in total. The third kappa shape index (κ3) is 5.84. The molecule has 0 spiro atoms.